The van der Waals surface area contributed by atoms with Crippen LogP contribution in [0.5, 0.6) is 0 Å². The smallest absolute Gasteiger partial charge is 0.427 e. The molecule has 5 aromatic rings. The van der Waals surface area contributed by atoms with E-state index in [9.17, 15) is 14.0 Å². The first kappa shape index (κ1) is 30.3. The molecule has 1 aromatic carbocycles. The van der Waals surface area contributed by atoms with Gasteiger partial charge in [-0.15, -0.1) is 10.00 Å². The minimum Gasteiger partial charge on any atom is -0.443 e. The molecule has 0 aliphatic heterocycles. The zero-order valence-corrected chi connectivity index (χ0v) is 25.6. The highest BCUT2D eigenvalue weighted by atomic mass is 19.1. The van der Waals surface area contributed by atoms with Gasteiger partial charge in [0.2, 0.25) is 0 Å². The monoisotopic (exact) mass is 599 g/mol. The number of carbonyl (C=O) groups excluding carboxylic acids is 2. The molecule has 0 N–H and O–H groups in total. The maximum absolute atomic E-state index is 13.4. The van der Waals surface area contributed by atoms with Crippen molar-refractivity contribution in [2.45, 2.75) is 65.7 Å². The van der Waals surface area contributed by atoms with Crippen molar-refractivity contribution in [3.05, 3.63) is 84.8 Å². The summed E-state index contributed by atoms with van der Waals surface area (Å²) in [4.78, 5) is 35.7. The van der Waals surface area contributed by atoms with Crippen LogP contribution in [-0.2, 0) is 9.47 Å². The number of hydrogen-bond donors (Lipinski definition) is 0. The van der Waals surface area contributed by atoms with Gasteiger partial charge in [0.05, 0.1) is 12.2 Å². The van der Waals surface area contributed by atoms with E-state index in [0.29, 0.717) is 10.5 Å². The molecule has 2 amide bonds. The van der Waals surface area contributed by atoms with Gasteiger partial charge < -0.3 is 9.47 Å². The second-order valence-corrected chi connectivity index (χ2v) is 12.3. The summed E-state index contributed by atoms with van der Waals surface area (Å²) in [7, 11) is 0. The molecule has 11 nitrogen and oxygen atoms in total. The van der Waals surface area contributed by atoms with E-state index in [2.05, 4.69) is 20.2 Å². The van der Waals surface area contributed by atoms with Crippen molar-refractivity contribution in [2.24, 2.45) is 0 Å². The van der Waals surface area contributed by atoms with Gasteiger partial charge in [-0.2, -0.15) is 10.1 Å². The zero-order valence-electron chi connectivity index (χ0n) is 25.6. The number of anilines is 1. The first-order chi connectivity index (χ1) is 20.7. The van der Waals surface area contributed by atoms with Gasteiger partial charge in [-0.05, 0) is 89.9 Å². The predicted molar refractivity (Wildman–Crippen MR) is 163 cm³/mol. The number of aromatic nitrogens is 6. The fraction of sp³-hybridized carbons (Fsp3) is 0.312. The van der Waals surface area contributed by atoms with E-state index in [4.69, 9.17) is 9.47 Å². The third-order valence-corrected chi connectivity index (χ3v) is 6.43. The third kappa shape index (κ3) is 6.91. The van der Waals surface area contributed by atoms with Crippen LogP contribution in [0.4, 0.5) is 19.9 Å². The van der Waals surface area contributed by atoms with E-state index in [0.717, 1.165) is 27.8 Å². The summed E-state index contributed by atoms with van der Waals surface area (Å²) in [6.45, 7) is 12.2. The van der Waals surface area contributed by atoms with Gasteiger partial charge in [0, 0.05) is 41.5 Å². The highest BCUT2D eigenvalue weighted by Crippen LogP contribution is 2.28. The van der Waals surface area contributed by atoms with Crippen molar-refractivity contribution in [1.82, 2.24) is 29.4 Å². The van der Waals surface area contributed by atoms with Gasteiger partial charge in [0.25, 0.3) is 5.95 Å². The van der Waals surface area contributed by atoms with E-state index in [-0.39, 0.29) is 17.8 Å². The van der Waals surface area contributed by atoms with Crippen molar-refractivity contribution in [3.8, 4) is 22.3 Å². The molecule has 0 aliphatic rings. The van der Waals surface area contributed by atoms with E-state index < -0.39 is 23.4 Å². The second-order valence-electron chi connectivity index (χ2n) is 12.3. The Morgan fingerprint density at radius 2 is 1.45 bits per heavy atom. The summed E-state index contributed by atoms with van der Waals surface area (Å²) < 4.78 is 27.5. The molecule has 0 fully saturated rings. The van der Waals surface area contributed by atoms with Crippen molar-refractivity contribution in [3.63, 3.8) is 0 Å². The third-order valence-electron chi connectivity index (χ3n) is 6.43. The van der Waals surface area contributed by atoms with Crippen LogP contribution in [-0.4, -0.2) is 52.8 Å². The molecule has 0 spiro atoms. The van der Waals surface area contributed by atoms with Crippen molar-refractivity contribution >= 4 is 23.8 Å². The zero-order chi connectivity index (χ0) is 31.8. The maximum Gasteiger partial charge on any atom is 0.427 e. The van der Waals surface area contributed by atoms with Crippen LogP contribution in [0.3, 0.4) is 0 Å². The van der Waals surface area contributed by atoms with Crippen LogP contribution >= 0.6 is 0 Å². The lowest BCUT2D eigenvalue weighted by Crippen LogP contribution is -2.44. The lowest BCUT2D eigenvalue weighted by atomic mass is 10.0. The van der Waals surface area contributed by atoms with Gasteiger partial charge in [-0.3, -0.25) is 9.67 Å². The normalized spacial score (nSPS) is 12.6. The molecule has 0 aliphatic carbocycles. The van der Waals surface area contributed by atoms with Crippen molar-refractivity contribution in [1.29, 1.82) is 0 Å². The van der Waals surface area contributed by atoms with Gasteiger partial charge >= 0.3 is 12.2 Å². The summed E-state index contributed by atoms with van der Waals surface area (Å²) in [6.07, 6.45) is 6.94. The molecule has 1 atom stereocenters. The standard InChI is InChI=1S/C32H34FN7O4/c1-20(21-8-10-26(33)11-9-21)39-19-25(18-35-39)24-14-23(16-34-17-24)22-12-13-38-27(15-22)36-28(37-38)40(29(41)43-31(2,3)4)30(42)44-32(5,6)7/h8-20H,1-7H3. The SMILES string of the molecule is CC(c1ccc(F)cc1)n1cc(-c2cncc(-c3ccn4nc(N(C(=O)OC(C)(C)C)C(=O)OC(C)(C)C)nc4c3)c2)cn1. The largest absolute Gasteiger partial charge is 0.443 e. The van der Waals surface area contributed by atoms with Gasteiger partial charge in [-0.25, -0.2) is 18.5 Å². The minimum absolute atomic E-state index is 0.0917. The number of pyridine rings is 2. The Bertz CT molecular complexity index is 1790. The Kier molecular flexibility index (Phi) is 7.94. The molecule has 0 bridgehead atoms. The maximum atomic E-state index is 13.4. The number of carbonyl (C=O) groups is 2. The Balaban J connectivity index is 1.43. The number of benzene rings is 1. The van der Waals surface area contributed by atoms with Crippen LogP contribution in [0.25, 0.3) is 27.9 Å². The molecule has 228 valence electrons. The van der Waals surface area contributed by atoms with Gasteiger partial charge in [0.15, 0.2) is 5.65 Å². The summed E-state index contributed by atoms with van der Waals surface area (Å²) in [5.74, 6) is -0.464. The Labute approximate surface area is 254 Å². The quantitative estimate of drug-likeness (QED) is 0.210. The number of ether oxygens (including phenoxy) is 2. The highest BCUT2D eigenvalue weighted by Gasteiger charge is 2.35. The fourth-order valence-electron chi connectivity index (χ4n) is 4.35. The topological polar surface area (TPSA) is 117 Å². The summed E-state index contributed by atoms with van der Waals surface area (Å²) in [5.41, 5.74) is 2.91. The Hall–Kier alpha value is -5.13. The summed E-state index contributed by atoms with van der Waals surface area (Å²) in [5, 5.41) is 8.87. The highest BCUT2D eigenvalue weighted by molar-refractivity contribution is 6.08. The predicted octanol–water partition coefficient (Wildman–Crippen LogP) is 7.08. The molecule has 0 saturated carbocycles. The molecular formula is C32H34FN7O4. The van der Waals surface area contributed by atoms with E-state index in [1.165, 1.54) is 16.6 Å². The molecule has 1 unspecified atom stereocenters. The lowest BCUT2D eigenvalue weighted by molar-refractivity contribution is 0.0427. The van der Waals surface area contributed by atoms with Crippen LogP contribution < -0.4 is 4.90 Å². The molecule has 44 heavy (non-hydrogen) atoms. The summed E-state index contributed by atoms with van der Waals surface area (Å²) >= 11 is 0. The number of rotatable bonds is 5. The van der Waals surface area contributed by atoms with Crippen LogP contribution in [0, 0.1) is 5.82 Å². The first-order valence-corrected chi connectivity index (χ1v) is 14.0. The number of halogens is 1. The van der Waals surface area contributed by atoms with Gasteiger partial charge in [-0.1, -0.05) is 12.1 Å². The number of amides is 2. The Morgan fingerprint density at radius 3 is 2.07 bits per heavy atom. The average Bonchev–Trinajstić information content (AvgIpc) is 3.58. The van der Waals surface area contributed by atoms with E-state index >= 15 is 0 Å². The molecular weight excluding hydrogens is 565 g/mol. The van der Waals surface area contributed by atoms with Crippen LogP contribution in [0.15, 0.2) is 73.4 Å². The average molecular weight is 600 g/mol. The lowest BCUT2D eigenvalue weighted by Gasteiger charge is -2.26. The van der Waals surface area contributed by atoms with Crippen molar-refractivity contribution in [2.75, 3.05) is 4.90 Å². The fourth-order valence-corrected chi connectivity index (χ4v) is 4.35. The number of hydrogen-bond acceptors (Lipinski definition) is 8. The number of imide groups is 1. The first-order valence-electron chi connectivity index (χ1n) is 14.0. The molecule has 4 heterocycles. The Morgan fingerprint density at radius 1 is 0.841 bits per heavy atom. The summed E-state index contributed by atoms with van der Waals surface area (Å²) in [6, 6.07) is 11.9. The molecule has 4 aromatic heterocycles. The molecule has 0 radical (unpaired) electrons. The van der Waals surface area contributed by atoms with Crippen LogP contribution in [0.1, 0.15) is 60.1 Å². The molecule has 0 saturated heterocycles. The van der Waals surface area contributed by atoms with Crippen LogP contribution in [0.2, 0.25) is 0 Å². The molecule has 5 rings (SSSR count). The van der Waals surface area contributed by atoms with E-state index in [1.807, 2.05) is 29.9 Å². The van der Waals surface area contributed by atoms with E-state index in [1.54, 1.807) is 84.5 Å². The van der Waals surface area contributed by atoms with Gasteiger partial charge in [0.1, 0.15) is 17.0 Å². The molecule has 12 heteroatoms. The number of fused-ring (bicyclic) bond motifs is 1. The minimum atomic E-state index is -0.950. The number of nitrogens with zero attached hydrogens (tertiary/aromatic N) is 7. The van der Waals surface area contributed by atoms with Crippen molar-refractivity contribution < 1.29 is 23.5 Å². The second kappa shape index (κ2) is 11.5.